The monoisotopic (exact) mass is 597 g/mol. The Hall–Kier alpha value is -3.43. The zero-order valence-corrected chi connectivity index (χ0v) is 24.5. The molecule has 1 amide bonds. The van der Waals surface area contributed by atoms with E-state index in [-0.39, 0.29) is 58.2 Å². The van der Waals surface area contributed by atoms with Gasteiger partial charge in [0.25, 0.3) is 5.56 Å². The molecule has 222 valence electrons. The largest absolute Gasteiger partial charge is 0.488 e. The maximum absolute atomic E-state index is 15.1. The topological polar surface area (TPSA) is 64.0 Å². The fraction of sp³-hybridized carbons (Fsp3) is 0.438. The van der Waals surface area contributed by atoms with E-state index in [9.17, 15) is 14.0 Å². The molecule has 42 heavy (non-hydrogen) atoms. The number of hydrogen-bond donors (Lipinski definition) is 0. The Morgan fingerprint density at radius 3 is 2.62 bits per heavy atom. The second kappa shape index (κ2) is 11.3. The van der Waals surface area contributed by atoms with Gasteiger partial charge in [-0.25, -0.2) is 8.78 Å². The molecule has 3 atom stereocenters. The van der Waals surface area contributed by atoms with Gasteiger partial charge in [0.05, 0.1) is 35.0 Å². The number of piperazine rings is 1. The Balaban J connectivity index is 1.52. The molecule has 6 rings (SSSR count). The molecule has 1 saturated heterocycles. The Morgan fingerprint density at radius 1 is 1.14 bits per heavy atom. The number of pyridine rings is 1. The molecule has 0 N–H and O–H groups in total. The second-order valence-corrected chi connectivity index (χ2v) is 12.0. The van der Waals surface area contributed by atoms with Crippen LogP contribution in [0.4, 0.5) is 14.5 Å². The summed E-state index contributed by atoms with van der Waals surface area (Å²) < 4.78 is 43.1. The standard InChI is InChI=1S/C32H34ClF2N3O4/c1-4-28(39)37-15-18(2)36(14-19(37)3)27-13-29(40)38-21(16-41-22-7-5-6-8-22)17-42-32-30(25(33)12-24(27)31(32)38)23-10-9-20(34)11-26(23)35/h4,9-13,18-19,21-22H,1,5-8,14-17H2,2-3H3/t18-,19+,21-/m0/s1. The molecule has 2 aromatic carbocycles. The molecule has 3 aromatic rings. The van der Waals surface area contributed by atoms with Gasteiger partial charge in [0.15, 0.2) is 5.75 Å². The number of hydrogen-bond acceptors (Lipinski definition) is 5. The molecule has 0 bridgehead atoms. The minimum atomic E-state index is -0.779. The van der Waals surface area contributed by atoms with Gasteiger partial charge < -0.3 is 19.3 Å². The van der Waals surface area contributed by atoms with Crippen LogP contribution in [0.3, 0.4) is 0 Å². The van der Waals surface area contributed by atoms with Crippen LogP contribution in [0, 0.1) is 11.6 Å². The highest BCUT2D eigenvalue weighted by atomic mass is 35.5. The third-order valence-corrected chi connectivity index (χ3v) is 9.08. The smallest absolute Gasteiger partial charge is 0.253 e. The molecule has 0 radical (unpaired) electrons. The van der Waals surface area contributed by atoms with E-state index >= 15 is 4.39 Å². The van der Waals surface area contributed by atoms with Gasteiger partial charge in [0.1, 0.15) is 18.2 Å². The van der Waals surface area contributed by atoms with Crippen LogP contribution in [0.15, 0.2) is 47.8 Å². The van der Waals surface area contributed by atoms with Crippen LogP contribution >= 0.6 is 11.6 Å². The number of carbonyl (C=O) groups is 1. The van der Waals surface area contributed by atoms with E-state index < -0.39 is 17.7 Å². The number of amides is 1. The first kappa shape index (κ1) is 28.7. The van der Waals surface area contributed by atoms with E-state index in [0.717, 1.165) is 31.7 Å². The van der Waals surface area contributed by atoms with Crippen molar-refractivity contribution in [1.29, 1.82) is 0 Å². The van der Waals surface area contributed by atoms with Crippen LogP contribution in [0.1, 0.15) is 45.6 Å². The minimum Gasteiger partial charge on any atom is -0.488 e. The molecule has 7 nitrogen and oxygen atoms in total. The van der Waals surface area contributed by atoms with Crippen LogP contribution < -0.4 is 15.2 Å². The Labute approximate surface area is 248 Å². The van der Waals surface area contributed by atoms with Gasteiger partial charge in [0, 0.05) is 53.8 Å². The lowest BCUT2D eigenvalue weighted by Crippen LogP contribution is -2.58. The summed E-state index contributed by atoms with van der Waals surface area (Å²) in [5, 5.41) is 0.894. The van der Waals surface area contributed by atoms with E-state index in [2.05, 4.69) is 11.5 Å². The molecule has 2 aliphatic heterocycles. The zero-order valence-electron chi connectivity index (χ0n) is 23.7. The molecule has 10 heteroatoms. The van der Waals surface area contributed by atoms with Gasteiger partial charge in [-0.3, -0.25) is 14.2 Å². The van der Waals surface area contributed by atoms with Crippen LogP contribution in [0.5, 0.6) is 5.75 Å². The first-order chi connectivity index (χ1) is 20.2. The molecule has 1 aliphatic carbocycles. The van der Waals surface area contributed by atoms with Crippen LogP contribution in [-0.4, -0.2) is 59.9 Å². The summed E-state index contributed by atoms with van der Waals surface area (Å²) >= 11 is 6.86. The third-order valence-electron chi connectivity index (χ3n) is 8.79. The number of nitrogens with zero attached hydrogens (tertiary/aromatic N) is 3. The molecule has 2 fully saturated rings. The van der Waals surface area contributed by atoms with Gasteiger partial charge in [0.2, 0.25) is 5.91 Å². The highest BCUT2D eigenvalue weighted by Gasteiger charge is 2.36. The molecular formula is C32H34ClF2N3O4. The summed E-state index contributed by atoms with van der Waals surface area (Å²) in [6.45, 7) is 8.95. The normalized spacial score (nSPS) is 22.5. The number of carbonyl (C=O) groups excluding carboxylic acids is 1. The number of anilines is 1. The Bertz CT molecular complexity index is 1620. The van der Waals surface area contributed by atoms with E-state index in [1.54, 1.807) is 21.6 Å². The fourth-order valence-corrected chi connectivity index (χ4v) is 6.97. The van der Waals surface area contributed by atoms with Crippen molar-refractivity contribution in [2.75, 3.05) is 31.2 Å². The van der Waals surface area contributed by atoms with Crippen molar-refractivity contribution in [2.45, 2.75) is 63.8 Å². The maximum atomic E-state index is 15.1. The molecule has 1 saturated carbocycles. The van der Waals surface area contributed by atoms with E-state index in [1.807, 2.05) is 13.8 Å². The van der Waals surface area contributed by atoms with Gasteiger partial charge in [-0.15, -0.1) is 0 Å². The number of benzene rings is 2. The lowest BCUT2D eigenvalue weighted by Gasteiger charge is -2.45. The number of aromatic nitrogens is 1. The average molecular weight is 598 g/mol. The summed E-state index contributed by atoms with van der Waals surface area (Å²) in [7, 11) is 0. The van der Waals surface area contributed by atoms with Crippen molar-refractivity contribution in [1.82, 2.24) is 9.47 Å². The molecule has 0 spiro atoms. The SMILES string of the molecule is C=CC(=O)N1C[C@H](C)N(c2cc(=O)n3c4c(c(-c5ccc(F)cc5F)c(Cl)cc24)OC[C@@H]3COC2CCCC2)C[C@H]1C. The minimum absolute atomic E-state index is 0.0851. The number of rotatable bonds is 6. The van der Waals surface area contributed by atoms with Crippen molar-refractivity contribution in [2.24, 2.45) is 0 Å². The van der Waals surface area contributed by atoms with E-state index in [1.165, 1.54) is 18.2 Å². The molecule has 1 aromatic heterocycles. The first-order valence-electron chi connectivity index (χ1n) is 14.5. The third kappa shape index (κ3) is 4.96. The van der Waals surface area contributed by atoms with Crippen molar-refractivity contribution in [3.8, 4) is 16.9 Å². The predicted molar refractivity (Wildman–Crippen MR) is 159 cm³/mol. The Kier molecular flexibility index (Phi) is 7.74. The average Bonchev–Trinajstić information content (AvgIpc) is 3.49. The molecular weight excluding hydrogens is 564 g/mol. The maximum Gasteiger partial charge on any atom is 0.253 e. The number of ether oxygens (including phenoxy) is 2. The van der Waals surface area contributed by atoms with Gasteiger partial charge >= 0.3 is 0 Å². The predicted octanol–water partition coefficient (Wildman–Crippen LogP) is 6.10. The molecule has 3 aliphatic rings. The van der Waals surface area contributed by atoms with Crippen LogP contribution in [0.2, 0.25) is 5.02 Å². The van der Waals surface area contributed by atoms with E-state index in [0.29, 0.717) is 36.3 Å². The number of halogens is 3. The summed E-state index contributed by atoms with van der Waals surface area (Å²) in [4.78, 5) is 30.3. The van der Waals surface area contributed by atoms with Crippen molar-refractivity contribution in [3.63, 3.8) is 0 Å². The zero-order chi connectivity index (χ0) is 29.7. The van der Waals surface area contributed by atoms with E-state index in [4.69, 9.17) is 21.1 Å². The first-order valence-corrected chi connectivity index (χ1v) is 14.9. The van der Waals surface area contributed by atoms with Crippen molar-refractivity contribution in [3.05, 3.63) is 70.0 Å². The van der Waals surface area contributed by atoms with Crippen LogP contribution in [-0.2, 0) is 9.53 Å². The lowest BCUT2D eigenvalue weighted by atomic mass is 9.97. The second-order valence-electron chi connectivity index (χ2n) is 11.6. The quantitative estimate of drug-likeness (QED) is 0.321. The summed E-state index contributed by atoms with van der Waals surface area (Å²) in [5.74, 6) is -1.35. The summed E-state index contributed by atoms with van der Waals surface area (Å²) in [6.07, 6.45) is 5.71. The summed E-state index contributed by atoms with van der Waals surface area (Å²) in [5.41, 5.74) is 1.27. The molecule has 3 heterocycles. The highest BCUT2D eigenvalue weighted by Crippen LogP contribution is 2.48. The lowest BCUT2D eigenvalue weighted by molar-refractivity contribution is -0.128. The van der Waals surface area contributed by atoms with Gasteiger partial charge in [-0.2, -0.15) is 0 Å². The highest BCUT2D eigenvalue weighted by molar-refractivity contribution is 6.35. The molecule has 0 unspecified atom stereocenters. The van der Waals surface area contributed by atoms with Crippen LogP contribution in [0.25, 0.3) is 22.0 Å². The van der Waals surface area contributed by atoms with Gasteiger partial charge in [-0.05, 0) is 51.0 Å². The Morgan fingerprint density at radius 2 is 1.90 bits per heavy atom. The van der Waals surface area contributed by atoms with Crippen molar-refractivity contribution < 1.29 is 23.0 Å². The summed E-state index contributed by atoms with van der Waals surface area (Å²) in [6, 6.07) is 6.00. The van der Waals surface area contributed by atoms with Crippen molar-refractivity contribution >= 4 is 34.1 Å². The fourth-order valence-electron chi connectivity index (χ4n) is 6.67. The van der Waals surface area contributed by atoms with Gasteiger partial charge in [-0.1, -0.05) is 31.0 Å².